The van der Waals surface area contributed by atoms with E-state index in [1.54, 1.807) is 0 Å². The smallest absolute Gasteiger partial charge is 0.0252 e. The van der Waals surface area contributed by atoms with E-state index in [4.69, 9.17) is 0 Å². The molecule has 1 aliphatic heterocycles. The molecule has 1 atom stereocenters. The molecule has 0 aromatic heterocycles. The molecule has 100 valence electrons. The maximum absolute atomic E-state index is 3.75. The Bertz CT molecular complexity index is 231. The molecule has 1 aliphatic carbocycles. The number of hydrogen-bond donors (Lipinski definition) is 1. The molecule has 1 heterocycles. The van der Waals surface area contributed by atoms with Crippen molar-refractivity contribution in [2.45, 2.75) is 70.9 Å². The molecule has 0 bridgehead atoms. The van der Waals surface area contributed by atoms with Gasteiger partial charge >= 0.3 is 0 Å². The van der Waals surface area contributed by atoms with Crippen molar-refractivity contribution in [3.63, 3.8) is 0 Å². The first kappa shape index (κ1) is 13.4. The van der Waals surface area contributed by atoms with Crippen LogP contribution in [0.4, 0.5) is 0 Å². The highest BCUT2D eigenvalue weighted by Crippen LogP contribution is 2.31. The first-order valence-corrected chi connectivity index (χ1v) is 7.61. The second kappa shape index (κ2) is 5.71. The van der Waals surface area contributed by atoms with Crippen LogP contribution in [0.5, 0.6) is 0 Å². The minimum absolute atomic E-state index is 0.306. The lowest BCUT2D eigenvalue weighted by Crippen LogP contribution is -2.63. The van der Waals surface area contributed by atoms with Gasteiger partial charge in [-0.15, -0.1) is 0 Å². The van der Waals surface area contributed by atoms with Gasteiger partial charge in [-0.1, -0.05) is 26.2 Å². The van der Waals surface area contributed by atoms with Gasteiger partial charge < -0.3 is 5.32 Å². The third-order valence-corrected chi connectivity index (χ3v) is 4.56. The lowest BCUT2D eigenvalue weighted by atomic mass is 9.81. The number of hydrogen-bond acceptors (Lipinski definition) is 2. The Balaban J connectivity index is 1.98. The molecular weight excluding hydrogens is 208 g/mol. The molecule has 1 saturated heterocycles. The summed E-state index contributed by atoms with van der Waals surface area (Å²) in [7, 11) is 0. The van der Waals surface area contributed by atoms with Crippen LogP contribution >= 0.6 is 0 Å². The van der Waals surface area contributed by atoms with E-state index in [1.165, 1.54) is 58.2 Å². The van der Waals surface area contributed by atoms with Gasteiger partial charge in [-0.2, -0.15) is 0 Å². The van der Waals surface area contributed by atoms with Crippen molar-refractivity contribution in [1.82, 2.24) is 10.2 Å². The lowest BCUT2D eigenvalue weighted by Gasteiger charge is -2.48. The molecule has 0 radical (unpaired) electrons. The summed E-state index contributed by atoms with van der Waals surface area (Å²) in [6, 6.07) is 0.809. The highest BCUT2D eigenvalue weighted by atomic mass is 15.2. The third-order valence-electron chi connectivity index (χ3n) is 4.56. The predicted octanol–water partition coefficient (Wildman–Crippen LogP) is 3.03. The normalized spacial score (nSPS) is 31.6. The minimum Gasteiger partial charge on any atom is -0.309 e. The van der Waals surface area contributed by atoms with E-state index < -0.39 is 0 Å². The van der Waals surface area contributed by atoms with Crippen LogP contribution in [0.15, 0.2) is 0 Å². The van der Waals surface area contributed by atoms with Gasteiger partial charge in [-0.3, -0.25) is 4.90 Å². The molecule has 0 amide bonds. The van der Waals surface area contributed by atoms with Gasteiger partial charge in [0.1, 0.15) is 0 Å². The van der Waals surface area contributed by atoms with E-state index in [0.717, 1.165) is 12.0 Å². The fraction of sp³-hybridized carbons (Fsp3) is 1.00. The third kappa shape index (κ3) is 3.45. The minimum atomic E-state index is 0.306. The second-order valence-electron chi connectivity index (χ2n) is 6.70. The Hall–Kier alpha value is -0.0800. The standard InChI is InChI=1S/C15H30N2/c1-4-10-17-12-15(2,3)16-11-14(17)13-8-6-5-7-9-13/h13-14,16H,4-12H2,1-3H3. The molecule has 0 aromatic rings. The monoisotopic (exact) mass is 238 g/mol. The van der Waals surface area contributed by atoms with Crippen LogP contribution < -0.4 is 5.32 Å². The quantitative estimate of drug-likeness (QED) is 0.813. The molecule has 0 aromatic carbocycles. The van der Waals surface area contributed by atoms with Crippen molar-refractivity contribution in [1.29, 1.82) is 0 Å². The van der Waals surface area contributed by atoms with Crippen molar-refractivity contribution in [2.24, 2.45) is 5.92 Å². The van der Waals surface area contributed by atoms with Gasteiger partial charge in [0.2, 0.25) is 0 Å². The molecule has 2 rings (SSSR count). The average molecular weight is 238 g/mol. The van der Waals surface area contributed by atoms with Gasteiger partial charge in [0, 0.05) is 24.7 Å². The molecule has 2 heteroatoms. The summed E-state index contributed by atoms with van der Waals surface area (Å²) in [5.74, 6) is 0.957. The van der Waals surface area contributed by atoms with E-state index in [2.05, 4.69) is 31.0 Å². The summed E-state index contributed by atoms with van der Waals surface area (Å²) in [5, 5.41) is 3.75. The zero-order valence-electron chi connectivity index (χ0n) is 12.0. The Morgan fingerprint density at radius 2 is 1.88 bits per heavy atom. The van der Waals surface area contributed by atoms with E-state index in [0.29, 0.717) is 5.54 Å². The van der Waals surface area contributed by atoms with Gasteiger partial charge in [0.25, 0.3) is 0 Å². The van der Waals surface area contributed by atoms with E-state index >= 15 is 0 Å². The van der Waals surface area contributed by atoms with Crippen molar-refractivity contribution < 1.29 is 0 Å². The summed E-state index contributed by atoms with van der Waals surface area (Å²) >= 11 is 0. The van der Waals surface area contributed by atoms with Crippen LogP contribution in [0.3, 0.4) is 0 Å². The number of piperazine rings is 1. The highest BCUT2D eigenvalue weighted by Gasteiger charge is 2.36. The number of nitrogens with zero attached hydrogens (tertiary/aromatic N) is 1. The lowest BCUT2D eigenvalue weighted by molar-refractivity contribution is 0.0481. The van der Waals surface area contributed by atoms with Gasteiger partial charge in [0.15, 0.2) is 0 Å². The summed E-state index contributed by atoms with van der Waals surface area (Å²) in [6.07, 6.45) is 8.62. The molecule has 0 spiro atoms. The predicted molar refractivity (Wildman–Crippen MR) is 74.3 cm³/mol. The van der Waals surface area contributed by atoms with Gasteiger partial charge in [-0.05, 0) is 45.6 Å². The molecule has 2 aliphatic rings. The highest BCUT2D eigenvalue weighted by molar-refractivity contribution is 4.95. The molecule has 2 nitrogen and oxygen atoms in total. The van der Waals surface area contributed by atoms with Crippen molar-refractivity contribution in [2.75, 3.05) is 19.6 Å². The Kier molecular flexibility index (Phi) is 4.48. The van der Waals surface area contributed by atoms with Crippen molar-refractivity contribution in [3.8, 4) is 0 Å². The fourth-order valence-corrected chi connectivity index (χ4v) is 3.71. The maximum atomic E-state index is 3.75. The molecule has 2 fully saturated rings. The SMILES string of the molecule is CCCN1CC(C)(C)NCC1C1CCCCC1. The largest absolute Gasteiger partial charge is 0.309 e. The Labute approximate surface area is 107 Å². The zero-order chi connectivity index (χ0) is 12.3. The van der Waals surface area contributed by atoms with Crippen molar-refractivity contribution in [3.05, 3.63) is 0 Å². The fourth-order valence-electron chi connectivity index (χ4n) is 3.71. The zero-order valence-corrected chi connectivity index (χ0v) is 12.0. The van der Waals surface area contributed by atoms with Crippen LogP contribution in [-0.4, -0.2) is 36.1 Å². The van der Waals surface area contributed by atoms with E-state index in [9.17, 15) is 0 Å². The molecular formula is C15H30N2. The number of nitrogens with one attached hydrogen (secondary N) is 1. The Morgan fingerprint density at radius 3 is 2.53 bits per heavy atom. The molecule has 1 unspecified atom stereocenters. The van der Waals surface area contributed by atoms with Gasteiger partial charge in [0.05, 0.1) is 0 Å². The maximum Gasteiger partial charge on any atom is 0.0252 e. The van der Waals surface area contributed by atoms with Crippen LogP contribution in [0.2, 0.25) is 0 Å². The topological polar surface area (TPSA) is 15.3 Å². The van der Waals surface area contributed by atoms with Crippen LogP contribution in [0.25, 0.3) is 0 Å². The first-order valence-electron chi connectivity index (χ1n) is 7.61. The summed E-state index contributed by atoms with van der Waals surface area (Å²) < 4.78 is 0. The van der Waals surface area contributed by atoms with Crippen LogP contribution in [0, 0.1) is 5.92 Å². The summed E-state index contributed by atoms with van der Waals surface area (Å²) in [5.41, 5.74) is 0.306. The Morgan fingerprint density at radius 1 is 1.18 bits per heavy atom. The number of rotatable bonds is 3. The molecule has 17 heavy (non-hydrogen) atoms. The van der Waals surface area contributed by atoms with E-state index in [-0.39, 0.29) is 0 Å². The van der Waals surface area contributed by atoms with Crippen LogP contribution in [0.1, 0.15) is 59.3 Å². The van der Waals surface area contributed by atoms with Crippen LogP contribution in [-0.2, 0) is 0 Å². The summed E-state index contributed by atoms with van der Waals surface area (Å²) in [6.45, 7) is 10.7. The van der Waals surface area contributed by atoms with E-state index in [1.807, 2.05) is 0 Å². The second-order valence-corrected chi connectivity index (χ2v) is 6.70. The molecule has 1 N–H and O–H groups in total. The van der Waals surface area contributed by atoms with Gasteiger partial charge in [-0.25, -0.2) is 0 Å². The first-order chi connectivity index (χ1) is 8.12. The summed E-state index contributed by atoms with van der Waals surface area (Å²) in [4.78, 5) is 2.77. The van der Waals surface area contributed by atoms with Crippen molar-refractivity contribution >= 4 is 0 Å². The molecule has 1 saturated carbocycles. The average Bonchev–Trinajstić information content (AvgIpc) is 2.30.